The van der Waals surface area contributed by atoms with Crippen molar-refractivity contribution in [3.8, 4) is 0 Å². The predicted octanol–water partition coefficient (Wildman–Crippen LogP) is 3.75. The zero-order valence-electron chi connectivity index (χ0n) is 13.0. The Balaban J connectivity index is 2.04. The molecule has 2 aromatic carbocycles. The van der Waals surface area contributed by atoms with E-state index in [1.54, 1.807) is 6.07 Å². The molecule has 1 aromatic heterocycles. The number of Topliss-reactive ketones (excluding diaryl/α,β-unsaturated/α-hetero) is 1. The number of ketones is 1. The number of nitrogens with zero attached hydrogens (tertiary/aromatic N) is 2. The maximum absolute atomic E-state index is 13.1. The highest BCUT2D eigenvalue weighted by Gasteiger charge is 2.26. The van der Waals surface area contributed by atoms with E-state index in [4.69, 9.17) is 0 Å². The van der Waals surface area contributed by atoms with E-state index < -0.39 is 10.8 Å². The van der Waals surface area contributed by atoms with Crippen LogP contribution in [-0.4, -0.2) is 15.3 Å². The molecule has 24 heavy (non-hydrogen) atoms. The minimum Gasteiger partial charge on any atom is -0.353 e. The molecule has 0 spiro atoms. The van der Waals surface area contributed by atoms with Crippen molar-refractivity contribution < 1.29 is 9.72 Å². The maximum Gasteiger partial charge on any atom is 0.269 e. The number of hydrogen-bond donors (Lipinski definition) is 0. The summed E-state index contributed by atoms with van der Waals surface area (Å²) in [6.07, 6.45) is 1.88. The molecule has 0 bridgehead atoms. The molecule has 5 heteroatoms. The molecular weight excluding hydrogens is 304 g/mol. The lowest BCUT2D eigenvalue weighted by Gasteiger charge is -2.17. The van der Waals surface area contributed by atoms with Crippen LogP contribution in [0.15, 0.2) is 66.9 Å². The van der Waals surface area contributed by atoms with Crippen LogP contribution in [0.25, 0.3) is 0 Å². The largest absolute Gasteiger partial charge is 0.353 e. The van der Waals surface area contributed by atoms with Crippen molar-refractivity contribution in [1.82, 2.24) is 4.57 Å². The second kappa shape index (κ2) is 6.50. The highest BCUT2D eigenvalue weighted by molar-refractivity contribution is 6.03. The van der Waals surface area contributed by atoms with Crippen LogP contribution in [0.2, 0.25) is 0 Å². The molecule has 0 aliphatic carbocycles. The number of hydrogen-bond acceptors (Lipinski definition) is 3. The molecule has 0 fully saturated rings. The zero-order valence-corrected chi connectivity index (χ0v) is 13.0. The minimum absolute atomic E-state index is 0.0340. The molecule has 0 saturated heterocycles. The summed E-state index contributed by atoms with van der Waals surface area (Å²) >= 11 is 0. The Morgan fingerprint density at radius 2 is 1.88 bits per heavy atom. The summed E-state index contributed by atoms with van der Waals surface area (Å²) in [4.78, 5) is 23.4. The molecule has 1 atom stereocenters. The van der Waals surface area contributed by atoms with Gasteiger partial charge in [0.25, 0.3) is 5.69 Å². The summed E-state index contributed by atoms with van der Waals surface area (Å²) in [7, 11) is 1.88. The van der Waals surface area contributed by atoms with Crippen molar-refractivity contribution in [2.75, 3.05) is 0 Å². The first kappa shape index (κ1) is 15.7. The van der Waals surface area contributed by atoms with Gasteiger partial charge in [0, 0.05) is 36.6 Å². The van der Waals surface area contributed by atoms with Gasteiger partial charge in [-0.05, 0) is 35.9 Å². The number of aryl methyl sites for hydroxylation is 1. The monoisotopic (exact) mass is 319 g/mol. The fourth-order valence-electron chi connectivity index (χ4n) is 2.71. The number of rotatable bonds is 5. The van der Waals surface area contributed by atoms with Crippen LogP contribution in [0, 0.1) is 16.2 Å². The maximum atomic E-state index is 13.1. The molecule has 0 saturated carbocycles. The lowest BCUT2D eigenvalue weighted by molar-refractivity contribution is -0.384. The number of carbonyl (C=O) groups is 1. The van der Waals surface area contributed by atoms with E-state index in [9.17, 15) is 14.9 Å². The molecule has 1 heterocycles. The second-order valence-electron chi connectivity index (χ2n) is 5.46. The van der Waals surface area contributed by atoms with Gasteiger partial charge in [-0.2, -0.15) is 0 Å². The van der Waals surface area contributed by atoms with E-state index in [-0.39, 0.29) is 11.5 Å². The Hall–Kier alpha value is -3.21. The van der Waals surface area contributed by atoms with Crippen molar-refractivity contribution in [3.63, 3.8) is 0 Å². The van der Waals surface area contributed by atoms with Crippen molar-refractivity contribution in [3.05, 3.63) is 99.9 Å². The topological polar surface area (TPSA) is 65.1 Å². The number of nitro benzene ring substituents is 1. The Morgan fingerprint density at radius 1 is 1.12 bits per heavy atom. The van der Waals surface area contributed by atoms with Gasteiger partial charge in [-0.3, -0.25) is 14.9 Å². The van der Waals surface area contributed by atoms with Gasteiger partial charge < -0.3 is 4.57 Å². The molecule has 3 aromatic rings. The first-order valence-corrected chi connectivity index (χ1v) is 7.44. The molecule has 5 nitrogen and oxygen atoms in total. The van der Waals surface area contributed by atoms with Gasteiger partial charge in [0.1, 0.15) is 0 Å². The third-order valence-electron chi connectivity index (χ3n) is 3.95. The normalized spacial score (nSPS) is 11.9. The van der Waals surface area contributed by atoms with Crippen molar-refractivity contribution in [1.29, 1.82) is 0 Å². The number of aromatic nitrogens is 1. The van der Waals surface area contributed by atoms with Crippen molar-refractivity contribution >= 4 is 11.5 Å². The molecule has 0 aliphatic rings. The third-order valence-corrected chi connectivity index (χ3v) is 3.95. The smallest absolute Gasteiger partial charge is 0.269 e. The Kier molecular flexibility index (Phi) is 4.24. The molecule has 3 rings (SSSR count). The third kappa shape index (κ3) is 2.96. The zero-order chi connectivity index (χ0) is 17.1. The van der Waals surface area contributed by atoms with Crippen molar-refractivity contribution in [2.45, 2.75) is 5.92 Å². The summed E-state index contributed by atoms with van der Waals surface area (Å²) in [5, 5.41) is 10.8. The first-order chi connectivity index (χ1) is 11.6. The van der Waals surface area contributed by atoms with Gasteiger partial charge >= 0.3 is 0 Å². The predicted molar refractivity (Wildman–Crippen MR) is 90.0 cm³/mol. The lowest BCUT2D eigenvalue weighted by Crippen LogP contribution is -2.17. The molecule has 1 unspecified atom stereocenters. The summed E-state index contributed by atoms with van der Waals surface area (Å²) in [6.45, 7) is 0. The molecule has 119 valence electrons. The number of benzene rings is 2. The van der Waals surface area contributed by atoms with E-state index in [2.05, 4.69) is 6.07 Å². The van der Waals surface area contributed by atoms with Gasteiger partial charge in [-0.1, -0.05) is 24.3 Å². The number of non-ortho nitro benzene ring substituents is 1. The SMILES string of the molecule is Cn1cccc1C(C(=O)c1ccc([N+](=O)[O-])cc1)c1[c]cccc1. The van der Waals surface area contributed by atoms with Crippen LogP contribution in [0.1, 0.15) is 27.5 Å². The highest BCUT2D eigenvalue weighted by Crippen LogP contribution is 2.29. The van der Waals surface area contributed by atoms with Crippen LogP contribution >= 0.6 is 0 Å². The van der Waals surface area contributed by atoms with Gasteiger partial charge in [-0.25, -0.2) is 0 Å². The second-order valence-corrected chi connectivity index (χ2v) is 5.46. The summed E-state index contributed by atoms with van der Waals surface area (Å²) < 4.78 is 1.90. The summed E-state index contributed by atoms with van der Waals surface area (Å²) in [5.74, 6) is -0.623. The molecular formula is C19H15N2O3. The molecule has 0 amide bonds. The van der Waals surface area contributed by atoms with Gasteiger partial charge in [0.05, 0.1) is 10.8 Å². The van der Waals surface area contributed by atoms with E-state index in [1.807, 2.05) is 48.1 Å². The van der Waals surface area contributed by atoms with Gasteiger partial charge in [0.2, 0.25) is 0 Å². The molecule has 0 aliphatic heterocycles. The quantitative estimate of drug-likeness (QED) is 0.409. The standard InChI is InChI=1S/C19H15N2O3/c1-20-13-5-8-17(20)18(14-6-3-2-4-7-14)19(22)15-9-11-16(12-10-15)21(23)24/h2-6,8-13,18H,1H3. The molecule has 1 radical (unpaired) electrons. The Bertz CT molecular complexity index is 867. The molecule has 0 N–H and O–H groups in total. The van der Waals surface area contributed by atoms with Gasteiger partial charge in [0.15, 0.2) is 5.78 Å². The van der Waals surface area contributed by atoms with Crippen LogP contribution in [0.3, 0.4) is 0 Å². The first-order valence-electron chi connectivity index (χ1n) is 7.44. The van der Waals surface area contributed by atoms with E-state index >= 15 is 0 Å². The van der Waals surface area contributed by atoms with Crippen LogP contribution in [0.4, 0.5) is 5.69 Å². The van der Waals surface area contributed by atoms with Crippen LogP contribution in [0.5, 0.6) is 0 Å². The Morgan fingerprint density at radius 3 is 2.42 bits per heavy atom. The average molecular weight is 319 g/mol. The summed E-state index contributed by atoms with van der Waals surface area (Å²) in [5.41, 5.74) is 2.01. The lowest BCUT2D eigenvalue weighted by atomic mass is 9.88. The fourth-order valence-corrected chi connectivity index (χ4v) is 2.71. The Labute approximate surface area is 139 Å². The minimum atomic E-state index is -0.507. The number of nitro groups is 1. The highest BCUT2D eigenvalue weighted by atomic mass is 16.6. The average Bonchev–Trinajstić information content (AvgIpc) is 3.02. The van der Waals surface area contributed by atoms with E-state index in [0.29, 0.717) is 5.56 Å². The summed E-state index contributed by atoms with van der Waals surface area (Å²) in [6, 6.07) is 20.0. The number of carbonyl (C=O) groups excluding carboxylic acids is 1. The van der Waals surface area contributed by atoms with Crippen LogP contribution < -0.4 is 0 Å². The van der Waals surface area contributed by atoms with Crippen molar-refractivity contribution in [2.24, 2.45) is 7.05 Å². The fraction of sp³-hybridized carbons (Fsp3) is 0.105. The van der Waals surface area contributed by atoms with E-state index in [0.717, 1.165) is 11.3 Å². The van der Waals surface area contributed by atoms with E-state index in [1.165, 1.54) is 24.3 Å². The van der Waals surface area contributed by atoms with Gasteiger partial charge in [-0.15, -0.1) is 0 Å². The van der Waals surface area contributed by atoms with Crippen LogP contribution in [-0.2, 0) is 7.05 Å².